The van der Waals surface area contributed by atoms with Gasteiger partial charge in [0, 0.05) is 42.5 Å². The van der Waals surface area contributed by atoms with Crippen LogP contribution in [0.15, 0.2) is 41.9 Å². The Morgan fingerprint density at radius 2 is 1.90 bits per heavy atom. The fraction of sp³-hybridized carbons (Fsp3) is 0.450. The van der Waals surface area contributed by atoms with Crippen molar-refractivity contribution in [3.8, 4) is 0 Å². The van der Waals surface area contributed by atoms with Crippen LogP contribution in [0.2, 0.25) is 0 Å². The van der Waals surface area contributed by atoms with E-state index in [4.69, 9.17) is 9.90 Å². The summed E-state index contributed by atoms with van der Waals surface area (Å²) in [5, 5.41) is 13.7. The van der Waals surface area contributed by atoms with Crippen molar-refractivity contribution in [2.24, 2.45) is 0 Å². The molecular formula is C20H22F3N3O3S. The third kappa shape index (κ3) is 5.37. The molecule has 1 spiro atoms. The molecule has 2 saturated heterocycles. The SMILES string of the molecule is O=C(O)C(F)(F)F.O=C1CC(c2ccccc2)C2(CCN(Cc3nccs3)CC2)N1. The molecule has 1 unspecified atom stereocenters. The molecule has 4 rings (SSSR count). The maximum atomic E-state index is 12.1. The Hall–Kier alpha value is -2.46. The summed E-state index contributed by atoms with van der Waals surface area (Å²) >= 11 is 1.72. The van der Waals surface area contributed by atoms with Crippen molar-refractivity contribution >= 4 is 23.2 Å². The van der Waals surface area contributed by atoms with Crippen LogP contribution in [0.5, 0.6) is 0 Å². The van der Waals surface area contributed by atoms with E-state index in [-0.39, 0.29) is 11.4 Å². The van der Waals surface area contributed by atoms with Gasteiger partial charge in [-0.25, -0.2) is 9.78 Å². The lowest BCUT2D eigenvalue weighted by Crippen LogP contribution is -2.53. The Kier molecular flexibility index (Phi) is 6.77. The van der Waals surface area contributed by atoms with Crippen LogP contribution in [0.25, 0.3) is 0 Å². The van der Waals surface area contributed by atoms with Crippen molar-refractivity contribution in [1.82, 2.24) is 15.2 Å². The molecule has 2 aliphatic rings. The molecule has 2 aliphatic heterocycles. The number of hydrogen-bond donors (Lipinski definition) is 2. The predicted molar refractivity (Wildman–Crippen MR) is 105 cm³/mol. The summed E-state index contributed by atoms with van der Waals surface area (Å²) < 4.78 is 31.7. The molecule has 162 valence electrons. The van der Waals surface area contributed by atoms with E-state index in [2.05, 4.69) is 39.5 Å². The smallest absolute Gasteiger partial charge is 0.475 e. The van der Waals surface area contributed by atoms with Crippen molar-refractivity contribution < 1.29 is 27.9 Å². The van der Waals surface area contributed by atoms with Gasteiger partial charge in [-0.05, 0) is 18.4 Å². The second kappa shape index (κ2) is 9.13. The summed E-state index contributed by atoms with van der Waals surface area (Å²) in [4.78, 5) is 27.8. The van der Waals surface area contributed by atoms with Crippen molar-refractivity contribution in [1.29, 1.82) is 0 Å². The molecule has 1 aromatic heterocycles. The Morgan fingerprint density at radius 1 is 1.27 bits per heavy atom. The van der Waals surface area contributed by atoms with Gasteiger partial charge in [0.25, 0.3) is 0 Å². The maximum Gasteiger partial charge on any atom is 0.490 e. The Morgan fingerprint density at radius 3 is 2.43 bits per heavy atom. The number of halogens is 3. The first-order valence-corrected chi connectivity index (χ1v) is 10.3. The van der Waals surface area contributed by atoms with Crippen LogP contribution in [0, 0.1) is 0 Å². The molecule has 1 atom stereocenters. The number of nitrogens with one attached hydrogen (secondary N) is 1. The number of alkyl halides is 3. The predicted octanol–water partition coefficient (Wildman–Crippen LogP) is 3.41. The molecule has 0 aliphatic carbocycles. The van der Waals surface area contributed by atoms with E-state index in [1.165, 1.54) is 10.6 Å². The fourth-order valence-electron chi connectivity index (χ4n) is 4.02. The van der Waals surface area contributed by atoms with E-state index in [0.717, 1.165) is 32.5 Å². The highest BCUT2D eigenvalue weighted by Crippen LogP contribution is 2.43. The zero-order valence-corrected chi connectivity index (χ0v) is 16.9. The molecule has 6 nitrogen and oxygen atoms in total. The van der Waals surface area contributed by atoms with Crippen molar-refractivity contribution in [3.63, 3.8) is 0 Å². The van der Waals surface area contributed by atoms with Crippen LogP contribution < -0.4 is 5.32 Å². The zero-order valence-electron chi connectivity index (χ0n) is 16.1. The number of aliphatic carboxylic acids is 1. The monoisotopic (exact) mass is 441 g/mol. The molecule has 0 bridgehead atoms. The largest absolute Gasteiger partial charge is 0.490 e. The molecule has 2 N–H and O–H groups in total. The standard InChI is InChI=1S/C18H21N3OS.C2HF3O2/c22-16-12-15(14-4-2-1-3-5-14)18(20-16)6-9-21(10-7-18)13-17-19-8-11-23-17;3-2(4,5)1(6)7/h1-5,8,11,15H,6-7,9-10,12-13H2,(H,20,22);(H,6,7). The number of benzene rings is 1. The highest BCUT2D eigenvalue weighted by Gasteiger charge is 2.48. The van der Waals surface area contributed by atoms with Gasteiger partial charge in [-0.1, -0.05) is 30.3 Å². The molecule has 3 heterocycles. The number of carboxylic acids is 1. The lowest BCUT2D eigenvalue weighted by molar-refractivity contribution is -0.192. The van der Waals surface area contributed by atoms with E-state index < -0.39 is 12.1 Å². The molecule has 0 radical (unpaired) electrons. The summed E-state index contributed by atoms with van der Waals surface area (Å²) in [7, 11) is 0. The third-order valence-electron chi connectivity index (χ3n) is 5.48. The topological polar surface area (TPSA) is 82.5 Å². The number of likely N-dealkylation sites (tertiary alicyclic amines) is 1. The maximum absolute atomic E-state index is 12.1. The highest BCUT2D eigenvalue weighted by atomic mass is 32.1. The number of amides is 1. The van der Waals surface area contributed by atoms with Crippen LogP contribution in [0.3, 0.4) is 0 Å². The van der Waals surface area contributed by atoms with Gasteiger partial charge in [-0.3, -0.25) is 9.69 Å². The number of piperidine rings is 1. The average Bonchev–Trinajstić information content (AvgIpc) is 3.32. The normalized spacial score (nSPS) is 21.0. The summed E-state index contributed by atoms with van der Waals surface area (Å²) in [5.74, 6) is -2.25. The van der Waals surface area contributed by atoms with Crippen LogP contribution in [0.4, 0.5) is 13.2 Å². The first kappa shape index (κ1) is 22.2. The number of nitrogens with zero attached hydrogens (tertiary/aromatic N) is 2. The molecule has 0 saturated carbocycles. The second-order valence-corrected chi connectivity index (χ2v) is 8.36. The van der Waals surface area contributed by atoms with E-state index in [9.17, 15) is 18.0 Å². The van der Waals surface area contributed by atoms with Gasteiger partial charge in [0.2, 0.25) is 5.91 Å². The van der Waals surface area contributed by atoms with Crippen molar-refractivity contribution in [2.75, 3.05) is 13.1 Å². The number of thiazole rings is 1. The van der Waals surface area contributed by atoms with Gasteiger partial charge in [0.05, 0.1) is 6.54 Å². The number of carbonyl (C=O) groups excluding carboxylic acids is 1. The minimum atomic E-state index is -5.08. The van der Waals surface area contributed by atoms with Crippen molar-refractivity contribution in [2.45, 2.75) is 43.4 Å². The summed E-state index contributed by atoms with van der Waals surface area (Å²) in [5.41, 5.74) is 1.23. The molecule has 1 amide bonds. The minimum Gasteiger partial charge on any atom is -0.475 e. The molecule has 2 aromatic rings. The Balaban J connectivity index is 0.000000318. The van der Waals surface area contributed by atoms with E-state index in [1.54, 1.807) is 11.3 Å². The minimum absolute atomic E-state index is 0.0577. The van der Waals surface area contributed by atoms with Gasteiger partial charge in [0.1, 0.15) is 5.01 Å². The zero-order chi connectivity index (χ0) is 21.8. The summed E-state index contributed by atoms with van der Waals surface area (Å²) in [6.07, 6.45) is -0.558. The van der Waals surface area contributed by atoms with Crippen LogP contribution >= 0.6 is 11.3 Å². The van der Waals surface area contributed by atoms with Crippen LogP contribution in [-0.2, 0) is 16.1 Å². The van der Waals surface area contributed by atoms with E-state index in [0.29, 0.717) is 12.3 Å². The second-order valence-electron chi connectivity index (χ2n) is 7.38. The molecule has 10 heteroatoms. The van der Waals surface area contributed by atoms with Gasteiger partial charge in [-0.2, -0.15) is 13.2 Å². The van der Waals surface area contributed by atoms with Gasteiger partial charge < -0.3 is 10.4 Å². The summed E-state index contributed by atoms with van der Waals surface area (Å²) in [6.45, 7) is 2.96. The molecule has 30 heavy (non-hydrogen) atoms. The Labute approximate surface area is 175 Å². The highest BCUT2D eigenvalue weighted by molar-refractivity contribution is 7.09. The van der Waals surface area contributed by atoms with Crippen LogP contribution in [0.1, 0.15) is 35.8 Å². The van der Waals surface area contributed by atoms with E-state index >= 15 is 0 Å². The summed E-state index contributed by atoms with van der Waals surface area (Å²) in [6, 6.07) is 10.5. The molecule has 2 fully saturated rings. The van der Waals surface area contributed by atoms with Gasteiger partial charge >= 0.3 is 12.1 Å². The average molecular weight is 441 g/mol. The number of hydrogen-bond acceptors (Lipinski definition) is 5. The van der Waals surface area contributed by atoms with Crippen molar-refractivity contribution in [3.05, 3.63) is 52.5 Å². The van der Waals surface area contributed by atoms with Gasteiger partial charge in [-0.15, -0.1) is 11.3 Å². The first-order valence-electron chi connectivity index (χ1n) is 9.46. The lowest BCUT2D eigenvalue weighted by Gasteiger charge is -2.42. The van der Waals surface area contributed by atoms with Crippen LogP contribution in [-0.4, -0.2) is 51.7 Å². The number of carbonyl (C=O) groups is 2. The quantitative estimate of drug-likeness (QED) is 0.763. The fourth-order valence-corrected chi connectivity index (χ4v) is 4.68. The molecule has 1 aromatic carbocycles. The molecular weight excluding hydrogens is 419 g/mol. The lowest BCUT2D eigenvalue weighted by atomic mass is 9.74. The van der Waals surface area contributed by atoms with E-state index in [1.807, 2.05) is 17.6 Å². The number of rotatable bonds is 3. The third-order valence-corrected chi connectivity index (χ3v) is 6.24. The first-order chi connectivity index (χ1) is 14.2. The van der Waals surface area contributed by atoms with Gasteiger partial charge in [0.15, 0.2) is 0 Å². The Bertz CT molecular complexity index is 851. The number of carboxylic acid groups (broad SMARTS) is 1. The number of aromatic nitrogens is 1.